The number of ether oxygens (including phenoxy) is 2. The van der Waals surface area contributed by atoms with E-state index >= 15 is 0 Å². The molecule has 0 aliphatic heterocycles. The number of esters is 1. The molecule has 0 bridgehead atoms. The van der Waals surface area contributed by atoms with Crippen LogP contribution in [0.4, 0.5) is 4.39 Å². The molecule has 2 aromatic carbocycles. The van der Waals surface area contributed by atoms with Gasteiger partial charge in [-0.1, -0.05) is 24.3 Å². The molecule has 1 aliphatic carbocycles. The normalized spacial score (nSPS) is 16.0. The van der Waals surface area contributed by atoms with Gasteiger partial charge in [-0.3, -0.25) is 4.79 Å². The summed E-state index contributed by atoms with van der Waals surface area (Å²) in [4.78, 5) is 24.6. The molecule has 148 valence electrons. The molecule has 2 aromatic rings. The van der Waals surface area contributed by atoms with Crippen LogP contribution in [-0.4, -0.2) is 24.1 Å². The Morgan fingerprint density at radius 1 is 1.14 bits per heavy atom. The summed E-state index contributed by atoms with van der Waals surface area (Å²) in [6.07, 6.45) is 2.86. The first-order chi connectivity index (χ1) is 13.3. The largest absolute Gasteiger partial charge is 0.476 e. The number of carbonyl (C=O) groups is 2. The molecule has 0 spiro atoms. The standard InChI is InChI=1S/C22H24FNO4/c1-22(2,28-17-12-10-16(23)11-13-17)21(26)27-14-20(25)24-19-9-5-7-15-6-3-4-8-18(15)19/h3-4,6,8,10-13,19H,5,7,9,14H2,1-2H3,(H,24,25)/t19-/m1/s1. The third-order valence-electron chi connectivity index (χ3n) is 4.72. The lowest BCUT2D eigenvalue weighted by Crippen LogP contribution is -2.42. The summed E-state index contributed by atoms with van der Waals surface area (Å²) in [5.41, 5.74) is 1.05. The molecule has 0 heterocycles. The Balaban J connectivity index is 1.52. The van der Waals surface area contributed by atoms with Gasteiger partial charge >= 0.3 is 5.97 Å². The molecule has 3 rings (SSSR count). The predicted molar refractivity (Wildman–Crippen MR) is 102 cm³/mol. The van der Waals surface area contributed by atoms with Gasteiger partial charge in [0, 0.05) is 0 Å². The number of hydrogen-bond donors (Lipinski definition) is 1. The van der Waals surface area contributed by atoms with E-state index in [2.05, 4.69) is 11.4 Å². The summed E-state index contributed by atoms with van der Waals surface area (Å²) in [7, 11) is 0. The number of halogens is 1. The number of rotatable bonds is 6. The van der Waals surface area contributed by atoms with Crippen molar-refractivity contribution in [2.24, 2.45) is 0 Å². The first-order valence-corrected chi connectivity index (χ1v) is 9.34. The van der Waals surface area contributed by atoms with E-state index < -0.39 is 17.4 Å². The van der Waals surface area contributed by atoms with Crippen molar-refractivity contribution < 1.29 is 23.5 Å². The van der Waals surface area contributed by atoms with E-state index in [0.29, 0.717) is 5.75 Å². The second-order valence-corrected chi connectivity index (χ2v) is 7.35. The van der Waals surface area contributed by atoms with Crippen LogP contribution in [0.1, 0.15) is 43.9 Å². The zero-order valence-electron chi connectivity index (χ0n) is 16.0. The molecule has 28 heavy (non-hydrogen) atoms. The maximum absolute atomic E-state index is 13.0. The van der Waals surface area contributed by atoms with Crippen molar-refractivity contribution in [2.45, 2.75) is 44.8 Å². The van der Waals surface area contributed by atoms with Gasteiger partial charge in [-0.15, -0.1) is 0 Å². The van der Waals surface area contributed by atoms with Gasteiger partial charge in [-0.2, -0.15) is 0 Å². The van der Waals surface area contributed by atoms with Crippen molar-refractivity contribution in [3.05, 3.63) is 65.5 Å². The SMILES string of the molecule is CC(C)(Oc1ccc(F)cc1)C(=O)OCC(=O)N[C@@H]1CCCc2ccccc21. The topological polar surface area (TPSA) is 64.6 Å². The molecule has 0 unspecified atom stereocenters. The average molecular weight is 385 g/mol. The number of nitrogens with one attached hydrogen (secondary N) is 1. The second kappa shape index (κ2) is 8.42. The van der Waals surface area contributed by atoms with E-state index in [4.69, 9.17) is 9.47 Å². The fourth-order valence-electron chi connectivity index (χ4n) is 3.28. The first-order valence-electron chi connectivity index (χ1n) is 9.34. The Hall–Kier alpha value is -2.89. The highest BCUT2D eigenvalue weighted by molar-refractivity contribution is 5.84. The molecule has 0 saturated carbocycles. The second-order valence-electron chi connectivity index (χ2n) is 7.35. The summed E-state index contributed by atoms with van der Waals surface area (Å²) < 4.78 is 23.7. The van der Waals surface area contributed by atoms with E-state index in [9.17, 15) is 14.0 Å². The molecule has 1 N–H and O–H groups in total. The highest BCUT2D eigenvalue weighted by Crippen LogP contribution is 2.29. The van der Waals surface area contributed by atoms with Crippen molar-refractivity contribution in [3.8, 4) is 5.75 Å². The molecule has 6 heteroatoms. The summed E-state index contributed by atoms with van der Waals surface area (Å²) >= 11 is 0. The van der Waals surface area contributed by atoms with Gasteiger partial charge in [0.05, 0.1) is 6.04 Å². The molecule has 0 fully saturated rings. The Morgan fingerprint density at radius 2 is 1.86 bits per heavy atom. The smallest absolute Gasteiger partial charge is 0.350 e. The maximum atomic E-state index is 13.0. The lowest BCUT2D eigenvalue weighted by Gasteiger charge is -2.27. The average Bonchev–Trinajstić information content (AvgIpc) is 2.68. The number of aryl methyl sites for hydroxylation is 1. The Bertz CT molecular complexity index is 848. The van der Waals surface area contributed by atoms with Crippen LogP contribution in [0.2, 0.25) is 0 Å². The molecule has 0 radical (unpaired) electrons. The molecule has 5 nitrogen and oxygen atoms in total. The number of benzene rings is 2. The highest BCUT2D eigenvalue weighted by atomic mass is 19.1. The van der Waals surface area contributed by atoms with Gasteiger partial charge in [0.1, 0.15) is 11.6 Å². The summed E-state index contributed by atoms with van der Waals surface area (Å²) in [5, 5.41) is 2.94. The van der Waals surface area contributed by atoms with E-state index in [1.807, 2.05) is 18.2 Å². The van der Waals surface area contributed by atoms with Crippen LogP contribution in [0.5, 0.6) is 5.75 Å². The third-order valence-corrected chi connectivity index (χ3v) is 4.72. The number of amides is 1. The van der Waals surface area contributed by atoms with E-state index in [1.165, 1.54) is 43.7 Å². The van der Waals surface area contributed by atoms with E-state index in [-0.39, 0.29) is 18.6 Å². The van der Waals surface area contributed by atoms with Crippen LogP contribution < -0.4 is 10.1 Å². The number of carbonyl (C=O) groups excluding carboxylic acids is 2. The molecule has 0 aromatic heterocycles. The molecular formula is C22H24FNO4. The Labute approximate surface area is 163 Å². The maximum Gasteiger partial charge on any atom is 0.350 e. The highest BCUT2D eigenvalue weighted by Gasteiger charge is 2.32. The molecule has 1 aliphatic rings. The fourth-order valence-corrected chi connectivity index (χ4v) is 3.28. The molecular weight excluding hydrogens is 361 g/mol. The van der Waals surface area contributed by atoms with Crippen LogP contribution >= 0.6 is 0 Å². The summed E-state index contributed by atoms with van der Waals surface area (Å²) in [5.74, 6) is -1.08. The van der Waals surface area contributed by atoms with Crippen molar-refractivity contribution in [1.29, 1.82) is 0 Å². The van der Waals surface area contributed by atoms with Gasteiger partial charge in [-0.25, -0.2) is 9.18 Å². The third kappa shape index (κ3) is 4.88. The van der Waals surface area contributed by atoms with E-state index in [0.717, 1.165) is 24.8 Å². The minimum absolute atomic E-state index is 0.0698. The van der Waals surface area contributed by atoms with Crippen LogP contribution in [0.3, 0.4) is 0 Å². The van der Waals surface area contributed by atoms with Gasteiger partial charge in [-0.05, 0) is 68.5 Å². The Morgan fingerprint density at radius 3 is 2.61 bits per heavy atom. The minimum atomic E-state index is -1.31. The first kappa shape index (κ1) is 19.9. The van der Waals surface area contributed by atoms with Crippen molar-refractivity contribution in [3.63, 3.8) is 0 Å². The van der Waals surface area contributed by atoms with Crippen LogP contribution in [0.15, 0.2) is 48.5 Å². The fraction of sp³-hybridized carbons (Fsp3) is 0.364. The molecule has 1 atom stereocenters. The summed E-state index contributed by atoms with van der Waals surface area (Å²) in [6.45, 7) is 2.69. The van der Waals surface area contributed by atoms with Crippen LogP contribution in [-0.2, 0) is 20.7 Å². The molecule has 0 saturated heterocycles. The lowest BCUT2D eigenvalue weighted by atomic mass is 9.88. The van der Waals surface area contributed by atoms with Gasteiger partial charge < -0.3 is 14.8 Å². The Kier molecular flexibility index (Phi) is 5.97. The lowest BCUT2D eigenvalue weighted by molar-refractivity contribution is -0.162. The van der Waals surface area contributed by atoms with Crippen molar-refractivity contribution >= 4 is 11.9 Å². The van der Waals surface area contributed by atoms with Gasteiger partial charge in [0.2, 0.25) is 0 Å². The zero-order chi connectivity index (χ0) is 20.1. The van der Waals surface area contributed by atoms with Crippen molar-refractivity contribution in [1.82, 2.24) is 5.32 Å². The molecule has 1 amide bonds. The number of hydrogen-bond acceptors (Lipinski definition) is 4. The van der Waals surface area contributed by atoms with Gasteiger partial charge in [0.25, 0.3) is 5.91 Å². The van der Waals surface area contributed by atoms with Gasteiger partial charge in [0.15, 0.2) is 12.2 Å². The monoisotopic (exact) mass is 385 g/mol. The summed E-state index contributed by atoms with van der Waals surface area (Å²) in [6, 6.07) is 13.3. The predicted octanol–water partition coefficient (Wildman–Crippen LogP) is 3.72. The van der Waals surface area contributed by atoms with Crippen LogP contribution in [0, 0.1) is 5.82 Å². The van der Waals surface area contributed by atoms with E-state index in [1.54, 1.807) is 0 Å². The van der Waals surface area contributed by atoms with Crippen molar-refractivity contribution in [2.75, 3.05) is 6.61 Å². The minimum Gasteiger partial charge on any atom is -0.476 e. The zero-order valence-corrected chi connectivity index (χ0v) is 16.0. The number of fused-ring (bicyclic) bond motifs is 1. The van der Waals surface area contributed by atoms with Crippen LogP contribution in [0.25, 0.3) is 0 Å². The quantitative estimate of drug-likeness (QED) is 0.770.